The molecule has 0 radical (unpaired) electrons. The average Bonchev–Trinajstić information content (AvgIpc) is 2.38. The number of aryl methyl sites for hydroxylation is 1. The summed E-state index contributed by atoms with van der Waals surface area (Å²) in [7, 11) is 0. The molecular formula is C12H17N3O3. The van der Waals surface area contributed by atoms with Crippen LogP contribution in [0.4, 0.5) is 5.95 Å². The van der Waals surface area contributed by atoms with Crippen LogP contribution in [0.25, 0.3) is 0 Å². The minimum absolute atomic E-state index is 0.117. The molecule has 2 heterocycles. The number of morpholine rings is 1. The normalized spacial score (nSPS) is 15.8. The summed E-state index contributed by atoms with van der Waals surface area (Å²) in [5.74, 6) is -0.503. The Bertz CT molecular complexity index is 456. The SMILES string of the molecule is CCc1c(C)nc(N2CCOCC2)nc1C(=O)O. The molecule has 1 aromatic rings. The lowest BCUT2D eigenvalue weighted by molar-refractivity contribution is 0.0688. The standard InChI is InChI=1S/C12H17N3O3/c1-3-9-8(2)13-12(14-10(9)11(16)17)15-4-6-18-7-5-15/h3-7H2,1-2H3,(H,16,17). The number of carboxylic acid groups (broad SMARTS) is 1. The number of ether oxygens (including phenoxy) is 1. The van der Waals surface area contributed by atoms with E-state index in [4.69, 9.17) is 4.74 Å². The summed E-state index contributed by atoms with van der Waals surface area (Å²) >= 11 is 0. The maximum Gasteiger partial charge on any atom is 0.354 e. The van der Waals surface area contributed by atoms with Gasteiger partial charge in [0.1, 0.15) is 0 Å². The van der Waals surface area contributed by atoms with E-state index in [1.807, 2.05) is 18.7 Å². The van der Waals surface area contributed by atoms with Crippen LogP contribution in [0, 0.1) is 6.92 Å². The topological polar surface area (TPSA) is 75.5 Å². The van der Waals surface area contributed by atoms with Crippen LogP contribution in [0.15, 0.2) is 0 Å². The second-order valence-electron chi connectivity index (χ2n) is 4.19. The van der Waals surface area contributed by atoms with Gasteiger partial charge in [0.05, 0.1) is 13.2 Å². The van der Waals surface area contributed by atoms with Gasteiger partial charge in [0, 0.05) is 24.3 Å². The molecule has 0 spiro atoms. The largest absolute Gasteiger partial charge is 0.476 e. The highest BCUT2D eigenvalue weighted by Crippen LogP contribution is 2.17. The maximum absolute atomic E-state index is 11.2. The summed E-state index contributed by atoms with van der Waals surface area (Å²) in [6.45, 7) is 6.39. The van der Waals surface area contributed by atoms with Crippen molar-refractivity contribution in [3.8, 4) is 0 Å². The van der Waals surface area contributed by atoms with Crippen molar-refractivity contribution in [3.63, 3.8) is 0 Å². The molecule has 1 aromatic heterocycles. The van der Waals surface area contributed by atoms with Crippen molar-refractivity contribution in [1.29, 1.82) is 0 Å². The lowest BCUT2D eigenvalue weighted by atomic mass is 10.1. The molecule has 0 aromatic carbocycles. The highest BCUT2D eigenvalue weighted by Gasteiger charge is 2.20. The van der Waals surface area contributed by atoms with Crippen molar-refractivity contribution in [2.24, 2.45) is 0 Å². The number of hydrogen-bond acceptors (Lipinski definition) is 5. The monoisotopic (exact) mass is 251 g/mol. The Morgan fingerprint density at radius 2 is 2.06 bits per heavy atom. The van der Waals surface area contributed by atoms with E-state index < -0.39 is 5.97 Å². The van der Waals surface area contributed by atoms with Gasteiger partial charge in [-0.1, -0.05) is 6.92 Å². The van der Waals surface area contributed by atoms with Crippen LogP contribution >= 0.6 is 0 Å². The van der Waals surface area contributed by atoms with Crippen LogP contribution in [0.1, 0.15) is 28.7 Å². The Balaban J connectivity index is 2.40. The van der Waals surface area contributed by atoms with E-state index in [0.717, 1.165) is 5.69 Å². The van der Waals surface area contributed by atoms with E-state index in [2.05, 4.69) is 9.97 Å². The first-order valence-corrected chi connectivity index (χ1v) is 6.07. The van der Waals surface area contributed by atoms with Gasteiger partial charge in [-0.15, -0.1) is 0 Å². The van der Waals surface area contributed by atoms with Gasteiger partial charge in [0.25, 0.3) is 0 Å². The lowest BCUT2D eigenvalue weighted by Gasteiger charge is -2.27. The number of rotatable bonds is 3. The zero-order chi connectivity index (χ0) is 13.1. The number of carboxylic acids is 1. The molecule has 1 aliphatic rings. The molecule has 0 amide bonds. The smallest absolute Gasteiger partial charge is 0.354 e. The van der Waals surface area contributed by atoms with Crippen LogP contribution in [0.5, 0.6) is 0 Å². The molecule has 6 nitrogen and oxygen atoms in total. The van der Waals surface area contributed by atoms with Crippen molar-refractivity contribution in [2.45, 2.75) is 20.3 Å². The van der Waals surface area contributed by atoms with E-state index >= 15 is 0 Å². The Morgan fingerprint density at radius 1 is 1.39 bits per heavy atom. The van der Waals surface area contributed by atoms with Gasteiger partial charge in [-0.2, -0.15) is 0 Å². The van der Waals surface area contributed by atoms with Gasteiger partial charge in [-0.05, 0) is 13.3 Å². The van der Waals surface area contributed by atoms with Crippen molar-refractivity contribution >= 4 is 11.9 Å². The molecular weight excluding hydrogens is 234 g/mol. The van der Waals surface area contributed by atoms with Gasteiger partial charge < -0.3 is 14.7 Å². The van der Waals surface area contributed by atoms with Gasteiger partial charge in [0.2, 0.25) is 5.95 Å². The summed E-state index contributed by atoms with van der Waals surface area (Å²) < 4.78 is 5.26. The number of aromatic nitrogens is 2. The molecule has 1 saturated heterocycles. The predicted molar refractivity (Wildman–Crippen MR) is 66.1 cm³/mol. The number of anilines is 1. The third kappa shape index (κ3) is 2.43. The van der Waals surface area contributed by atoms with E-state index in [1.54, 1.807) is 0 Å². The molecule has 98 valence electrons. The maximum atomic E-state index is 11.2. The Hall–Kier alpha value is -1.69. The first-order chi connectivity index (χ1) is 8.63. The minimum Gasteiger partial charge on any atom is -0.476 e. The molecule has 18 heavy (non-hydrogen) atoms. The van der Waals surface area contributed by atoms with Crippen molar-refractivity contribution in [2.75, 3.05) is 31.2 Å². The molecule has 2 rings (SSSR count). The summed E-state index contributed by atoms with van der Waals surface area (Å²) in [5.41, 5.74) is 1.57. The van der Waals surface area contributed by atoms with E-state index in [9.17, 15) is 9.90 Å². The van der Waals surface area contributed by atoms with Crippen LogP contribution in [0.2, 0.25) is 0 Å². The molecule has 0 aliphatic carbocycles. The quantitative estimate of drug-likeness (QED) is 0.859. The first-order valence-electron chi connectivity index (χ1n) is 6.07. The van der Waals surface area contributed by atoms with Gasteiger partial charge in [0.15, 0.2) is 5.69 Å². The van der Waals surface area contributed by atoms with Gasteiger partial charge >= 0.3 is 5.97 Å². The second kappa shape index (κ2) is 5.30. The Morgan fingerprint density at radius 3 is 2.61 bits per heavy atom. The van der Waals surface area contributed by atoms with Crippen LogP contribution in [-0.2, 0) is 11.2 Å². The number of hydrogen-bond donors (Lipinski definition) is 1. The fourth-order valence-electron chi connectivity index (χ4n) is 2.09. The minimum atomic E-state index is -0.994. The van der Waals surface area contributed by atoms with Crippen LogP contribution in [0.3, 0.4) is 0 Å². The van der Waals surface area contributed by atoms with E-state index in [1.165, 1.54) is 0 Å². The highest BCUT2D eigenvalue weighted by molar-refractivity contribution is 5.87. The second-order valence-corrected chi connectivity index (χ2v) is 4.19. The number of nitrogens with zero attached hydrogens (tertiary/aromatic N) is 3. The third-order valence-electron chi connectivity index (χ3n) is 3.05. The fraction of sp³-hybridized carbons (Fsp3) is 0.583. The zero-order valence-corrected chi connectivity index (χ0v) is 10.6. The Kier molecular flexibility index (Phi) is 3.76. The predicted octanol–water partition coefficient (Wildman–Crippen LogP) is 0.882. The highest BCUT2D eigenvalue weighted by atomic mass is 16.5. The first kappa shape index (κ1) is 12.8. The average molecular weight is 251 g/mol. The molecule has 1 fully saturated rings. The van der Waals surface area contributed by atoms with Crippen LogP contribution < -0.4 is 4.90 Å². The third-order valence-corrected chi connectivity index (χ3v) is 3.05. The van der Waals surface area contributed by atoms with Crippen LogP contribution in [-0.4, -0.2) is 47.3 Å². The van der Waals surface area contributed by atoms with Crippen molar-refractivity contribution in [3.05, 3.63) is 17.0 Å². The summed E-state index contributed by atoms with van der Waals surface area (Å²) in [6, 6.07) is 0. The molecule has 0 atom stereocenters. The molecule has 1 N–H and O–H groups in total. The van der Waals surface area contributed by atoms with Gasteiger partial charge in [-0.3, -0.25) is 0 Å². The Labute approximate surface area is 106 Å². The lowest BCUT2D eigenvalue weighted by Crippen LogP contribution is -2.37. The molecule has 0 bridgehead atoms. The molecule has 6 heteroatoms. The fourth-order valence-corrected chi connectivity index (χ4v) is 2.09. The van der Waals surface area contributed by atoms with E-state index in [0.29, 0.717) is 44.2 Å². The summed E-state index contributed by atoms with van der Waals surface area (Å²) in [5, 5.41) is 9.21. The molecule has 0 unspecified atom stereocenters. The van der Waals surface area contributed by atoms with Crippen molar-refractivity contribution in [1.82, 2.24) is 9.97 Å². The molecule has 1 aliphatic heterocycles. The van der Waals surface area contributed by atoms with Gasteiger partial charge in [-0.25, -0.2) is 14.8 Å². The molecule has 0 saturated carbocycles. The number of aromatic carboxylic acids is 1. The summed E-state index contributed by atoms with van der Waals surface area (Å²) in [6.07, 6.45) is 0.622. The van der Waals surface area contributed by atoms with E-state index in [-0.39, 0.29) is 5.69 Å². The summed E-state index contributed by atoms with van der Waals surface area (Å²) in [4.78, 5) is 21.8. The number of carbonyl (C=O) groups is 1. The van der Waals surface area contributed by atoms with Crippen molar-refractivity contribution < 1.29 is 14.6 Å². The zero-order valence-electron chi connectivity index (χ0n) is 10.6.